The zero-order chi connectivity index (χ0) is 16.4. The van der Waals surface area contributed by atoms with E-state index in [9.17, 15) is 4.79 Å². The van der Waals surface area contributed by atoms with E-state index in [0.717, 1.165) is 19.4 Å². The summed E-state index contributed by atoms with van der Waals surface area (Å²) in [5, 5.41) is 8.19. The number of hydrogen-bond donors (Lipinski definition) is 1. The first kappa shape index (κ1) is 16.8. The Morgan fingerprint density at radius 2 is 2.22 bits per heavy atom. The van der Waals surface area contributed by atoms with Gasteiger partial charge in [0.1, 0.15) is 0 Å². The Balaban J connectivity index is 1.73. The molecule has 1 aliphatic rings. The molecule has 0 saturated carbocycles. The molecule has 23 heavy (non-hydrogen) atoms. The first-order valence-corrected chi connectivity index (χ1v) is 9.30. The van der Waals surface area contributed by atoms with Crippen LogP contribution in [0, 0.1) is 0 Å². The Morgan fingerprint density at radius 1 is 1.39 bits per heavy atom. The van der Waals surface area contributed by atoms with Crippen LogP contribution in [-0.2, 0) is 4.79 Å². The van der Waals surface area contributed by atoms with E-state index in [1.54, 1.807) is 29.5 Å². The monoisotopic (exact) mass is 368 g/mol. The first-order valence-electron chi connectivity index (χ1n) is 7.60. The van der Waals surface area contributed by atoms with Crippen LogP contribution in [0.1, 0.15) is 31.4 Å². The van der Waals surface area contributed by atoms with Crippen molar-refractivity contribution in [2.45, 2.75) is 31.8 Å². The lowest BCUT2D eigenvalue weighted by Gasteiger charge is -2.29. The van der Waals surface area contributed by atoms with Crippen molar-refractivity contribution in [1.29, 1.82) is 0 Å². The minimum atomic E-state index is -0.225. The van der Waals surface area contributed by atoms with Crippen LogP contribution in [-0.4, -0.2) is 23.4 Å². The van der Waals surface area contributed by atoms with Gasteiger partial charge in [0.15, 0.2) is 0 Å². The van der Waals surface area contributed by atoms with Crippen LogP contribution in [0.25, 0.3) is 0 Å². The summed E-state index contributed by atoms with van der Waals surface area (Å²) >= 11 is 13.8. The van der Waals surface area contributed by atoms with Gasteiger partial charge in [0.2, 0.25) is 5.91 Å². The normalized spacial score (nSPS) is 19.7. The van der Waals surface area contributed by atoms with Crippen molar-refractivity contribution in [3.05, 3.63) is 50.6 Å². The number of likely N-dealkylation sites (tertiary alicyclic amines) is 1. The van der Waals surface area contributed by atoms with Crippen molar-refractivity contribution in [2.24, 2.45) is 0 Å². The summed E-state index contributed by atoms with van der Waals surface area (Å²) in [6.45, 7) is 2.87. The zero-order valence-electron chi connectivity index (χ0n) is 12.8. The lowest BCUT2D eigenvalue weighted by molar-refractivity contribution is -0.121. The molecule has 2 aromatic rings. The van der Waals surface area contributed by atoms with Crippen LogP contribution in [0.15, 0.2) is 35.0 Å². The summed E-state index contributed by atoms with van der Waals surface area (Å²) in [5.41, 5.74) is 1.86. The highest BCUT2D eigenvalue weighted by Gasteiger charge is 2.33. The second-order valence-electron chi connectivity index (χ2n) is 5.74. The third kappa shape index (κ3) is 3.72. The molecule has 0 bridgehead atoms. The van der Waals surface area contributed by atoms with E-state index < -0.39 is 0 Å². The second kappa shape index (κ2) is 7.22. The Labute approximate surface area is 150 Å². The van der Waals surface area contributed by atoms with Crippen molar-refractivity contribution in [3.8, 4) is 0 Å². The topological polar surface area (TPSA) is 32.3 Å². The predicted molar refractivity (Wildman–Crippen MR) is 97.6 cm³/mol. The molecule has 1 amide bonds. The van der Waals surface area contributed by atoms with Crippen LogP contribution >= 0.6 is 34.5 Å². The average Bonchev–Trinajstić information content (AvgIpc) is 3.20. The Hall–Kier alpha value is -1.07. The molecule has 0 spiro atoms. The largest absolute Gasteiger partial charge is 0.323 e. The summed E-state index contributed by atoms with van der Waals surface area (Å²) in [6, 6.07) is 7.31. The second-order valence-corrected chi connectivity index (χ2v) is 7.37. The summed E-state index contributed by atoms with van der Waals surface area (Å²) < 4.78 is 0. The van der Waals surface area contributed by atoms with Gasteiger partial charge in [0, 0.05) is 11.1 Å². The highest BCUT2D eigenvalue weighted by molar-refractivity contribution is 7.08. The molecule has 3 nitrogen and oxygen atoms in total. The molecule has 0 aliphatic carbocycles. The maximum Gasteiger partial charge on any atom is 0.241 e. The van der Waals surface area contributed by atoms with Crippen molar-refractivity contribution in [3.63, 3.8) is 0 Å². The molecule has 1 N–H and O–H groups in total. The van der Waals surface area contributed by atoms with Crippen molar-refractivity contribution < 1.29 is 4.79 Å². The molecule has 1 aromatic carbocycles. The Bertz CT molecular complexity index is 690. The number of amides is 1. The van der Waals surface area contributed by atoms with E-state index in [-0.39, 0.29) is 11.9 Å². The van der Waals surface area contributed by atoms with Gasteiger partial charge in [-0.3, -0.25) is 9.69 Å². The summed E-state index contributed by atoms with van der Waals surface area (Å²) in [6.07, 6.45) is 2.20. The number of thiophene rings is 1. The molecule has 6 heteroatoms. The quantitative estimate of drug-likeness (QED) is 0.802. The van der Waals surface area contributed by atoms with Gasteiger partial charge in [0.05, 0.1) is 16.8 Å². The van der Waals surface area contributed by atoms with Gasteiger partial charge in [0.25, 0.3) is 0 Å². The van der Waals surface area contributed by atoms with Gasteiger partial charge in [-0.25, -0.2) is 0 Å². The fourth-order valence-electron chi connectivity index (χ4n) is 3.06. The van der Waals surface area contributed by atoms with Crippen LogP contribution < -0.4 is 5.32 Å². The van der Waals surface area contributed by atoms with Gasteiger partial charge >= 0.3 is 0 Å². The molecule has 0 radical (unpaired) electrons. The van der Waals surface area contributed by atoms with E-state index in [1.807, 2.05) is 6.92 Å². The molecule has 1 fully saturated rings. The van der Waals surface area contributed by atoms with Gasteiger partial charge < -0.3 is 5.32 Å². The van der Waals surface area contributed by atoms with E-state index >= 15 is 0 Å². The SMILES string of the molecule is CC(C(=O)Nc1cc(Cl)ccc1Cl)N1CCCC1c1ccsc1. The van der Waals surface area contributed by atoms with Gasteiger partial charge in [-0.2, -0.15) is 11.3 Å². The van der Waals surface area contributed by atoms with Crippen LogP contribution in [0.3, 0.4) is 0 Å². The molecule has 3 rings (SSSR count). The molecule has 1 aromatic heterocycles. The van der Waals surface area contributed by atoms with E-state index in [1.165, 1.54) is 5.56 Å². The fraction of sp³-hybridized carbons (Fsp3) is 0.353. The molecule has 2 heterocycles. The van der Waals surface area contributed by atoms with Gasteiger partial charge in [-0.1, -0.05) is 23.2 Å². The number of nitrogens with one attached hydrogen (secondary N) is 1. The van der Waals surface area contributed by atoms with Crippen LogP contribution in [0.2, 0.25) is 10.0 Å². The molecule has 1 saturated heterocycles. The molecule has 2 unspecified atom stereocenters. The summed E-state index contributed by atoms with van der Waals surface area (Å²) in [5.74, 6) is -0.0590. The van der Waals surface area contributed by atoms with Gasteiger partial charge in [-0.05, 0) is 66.9 Å². The smallest absolute Gasteiger partial charge is 0.241 e. The number of hydrogen-bond acceptors (Lipinski definition) is 3. The lowest BCUT2D eigenvalue weighted by atomic mass is 10.1. The predicted octanol–water partition coefficient (Wildman–Crippen LogP) is 5.22. The molecular formula is C17H18Cl2N2OS. The highest BCUT2D eigenvalue weighted by Crippen LogP contribution is 2.35. The number of carbonyl (C=O) groups is 1. The maximum atomic E-state index is 12.6. The maximum absolute atomic E-state index is 12.6. The van der Waals surface area contributed by atoms with Crippen molar-refractivity contribution in [2.75, 3.05) is 11.9 Å². The third-order valence-corrected chi connectivity index (χ3v) is 5.55. The summed E-state index contributed by atoms with van der Waals surface area (Å²) in [4.78, 5) is 14.9. The number of rotatable bonds is 4. The van der Waals surface area contributed by atoms with E-state index in [0.29, 0.717) is 21.8 Å². The first-order chi connectivity index (χ1) is 11.1. The number of anilines is 1. The Morgan fingerprint density at radius 3 is 2.96 bits per heavy atom. The number of carbonyl (C=O) groups excluding carboxylic acids is 1. The minimum absolute atomic E-state index is 0.0590. The lowest BCUT2D eigenvalue weighted by Crippen LogP contribution is -2.41. The zero-order valence-corrected chi connectivity index (χ0v) is 15.1. The minimum Gasteiger partial charge on any atom is -0.323 e. The third-order valence-electron chi connectivity index (χ3n) is 4.29. The van der Waals surface area contributed by atoms with Crippen molar-refractivity contribution in [1.82, 2.24) is 4.90 Å². The fourth-order valence-corrected chi connectivity index (χ4v) is 4.10. The number of halogens is 2. The van der Waals surface area contributed by atoms with Crippen molar-refractivity contribution >= 4 is 46.1 Å². The molecule has 1 aliphatic heterocycles. The standard InChI is InChI=1S/C17H18Cl2N2OS/c1-11(17(22)20-15-9-13(18)4-5-14(15)19)21-7-2-3-16(21)12-6-8-23-10-12/h4-6,8-11,16H,2-3,7H2,1H3,(H,20,22). The molecule has 2 atom stereocenters. The number of benzene rings is 1. The van der Waals surface area contributed by atoms with Gasteiger partial charge in [-0.15, -0.1) is 0 Å². The van der Waals surface area contributed by atoms with Crippen LogP contribution in [0.4, 0.5) is 5.69 Å². The highest BCUT2D eigenvalue weighted by atomic mass is 35.5. The van der Waals surface area contributed by atoms with E-state index in [4.69, 9.17) is 23.2 Å². The van der Waals surface area contributed by atoms with Crippen LogP contribution in [0.5, 0.6) is 0 Å². The number of nitrogens with zero attached hydrogens (tertiary/aromatic N) is 1. The molecular weight excluding hydrogens is 351 g/mol. The van der Waals surface area contributed by atoms with E-state index in [2.05, 4.69) is 27.0 Å². The molecule has 122 valence electrons. The summed E-state index contributed by atoms with van der Waals surface area (Å²) in [7, 11) is 0. The average molecular weight is 369 g/mol. The Kier molecular flexibility index (Phi) is 5.27.